The Morgan fingerprint density at radius 1 is 0.905 bits per heavy atom. The van der Waals surface area contributed by atoms with Crippen molar-refractivity contribution >= 4 is 11.9 Å². The molecule has 5 rings (SSSR count). The Morgan fingerprint density at radius 2 is 1.43 bits per heavy atom. The molecule has 5 aliphatic carbocycles. The zero-order valence-electron chi connectivity index (χ0n) is 12.5. The van der Waals surface area contributed by atoms with E-state index in [-0.39, 0.29) is 11.8 Å². The number of hydrogen-bond acceptors (Lipinski definition) is 2. The van der Waals surface area contributed by atoms with Crippen molar-refractivity contribution < 1.29 is 14.7 Å². The highest BCUT2D eigenvalue weighted by Gasteiger charge is 2.52. The summed E-state index contributed by atoms with van der Waals surface area (Å²) in [5.41, 5.74) is -0.967. The highest BCUT2D eigenvalue weighted by atomic mass is 16.4. The molecule has 4 heteroatoms. The van der Waals surface area contributed by atoms with Crippen LogP contribution in [-0.4, -0.2) is 22.5 Å². The van der Waals surface area contributed by atoms with Crippen LogP contribution in [0.25, 0.3) is 0 Å². The van der Waals surface area contributed by atoms with E-state index in [9.17, 15) is 14.7 Å². The molecule has 0 spiro atoms. The van der Waals surface area contributed by atoms with Gasteiger partial charge in [0.2, 0.25) is 5.91 Å². The van der Waals surface area contributed by atoms with Crippen LogP contribution in [0.15, 0.2) is 0 Å². The van der Waals surface area contributed by atoms with Gasteiger partial charge < -0.3 is 10.4 Å². The van der Waals surface area contributed by atoms with Gasteiger partial charge >= 0.3 is 5.97 Å². The molecule has 0 heterocycles. The minimum absolute atomic E-state index is 0.0492. The van der Waals surface area contributed by atoms with Gasteiger partial charge in [0, 0.05) is 5.92 Å². The molecule has 1 amide bonds. The molecule has 0 radical (unpaired) electrons. The molecule has 0 atom stereocenters. The Hall–Kier alpha value is -1.06. The average molecular weight is 291 g/mol. The summed E-state index contributed by atoms with van der Waals surface area (Å²) in [7, 11) is 0. The lowest BCUT2D eigenvalue weighted by Crippen LogP contribution is -2.58. The summed E-state index contributed by atoms with van der Waals surface area (Å²) in [6, 6.07) is 0. The van der Waals surface area contributed by atoms with Crippen molar-refractivity contribution in [1.29, 1.82) is 0 Å². The van der Waals surface area contributed by atoms with E-state index in [1.165, 1.54) is 32.1 Å². The first-order chi connectivity index (χ1) is 10.1. The van der Waals surface area contributed by atoms with Crippen LogP contribution in [0.4, 0.5) is 0 Å². The van der Waals surface area contributed by atoms with Crippen LogP contribution in [0.1, 0.15) is 57.8 Å². The third kappa shape index (κ3) is 2.09. The summed E-state index contributed by atoms with van der Waals surface area (Å²) in [4.78, 5) is 24.5. The van der Waals surface area contributed by atoms with Crippen LogP contribution in [0, 0.1) is 29.6 Å². The van der Waals surface area contributed by atoms with Gasteiger partial charge in [0.15, 0.2) is 0 Å². The number of carboxylic acids is 1. The predicted molar refractivity (Wildman–Crippen MR) is 77.5 cm³/mol. The summed E-state index contributed by atoms with van der Waals surface area (Å²) in [5.74, 6) is 2.04. The number of carboxylic acid groups (broad SMARTS) is 1. The van der Waals surface area contributed by atoms with Crippen LogP contribution in [-0.2, 0) is 9.59 Å². The quantitative estimate of drug-likeness (QED) is 0.840. The lowest BCUT2D eigenvalue weighted by Gasteiger charge is -2.54. The van der Waals surface area contributed by atoms with Gasteiger partial charge in [0.05, 0.1) is 0 Å². The highest BCUT2D eigenvalue weighted by Crippen LogP contribution is 2.56. The fraction of sp³-hybridized carbons (Fsp3) is 0.882. The maximum atomic E-state index is 12.8. The van der Waals surface area contributed by atoms with Crippen LogP contribution in [0.5, 0.6) is 0 Å². The second kappa shape index (κ2) is 4.72. The van der Waals surface area contributed by atoms with Crippen molar-refractivity contribution in [2.45, 2.75) is 63.3 Å². The van der Waals surface area contributed by atoms with Gasteiger partial charge in [-0.2, -0.15) is 0 Å². The topological polar surface area (TPSA) is 66.4 Å². The first-order valence-electron chi connectivity index (χ1n) is 8.63. The molecule has 5 saturated carbocycles. The van der Waals surface area contributed by atoms with E-state index in [0.29, 0.717) is 24.7 Å². The van der Waals surface area contributed by atoms with E-state index in [2.05, 4.69) is 5.32 Å². The van der Waals surface area contributed by atoms with Gasteiger partial charge in [-0.3, -0.25) is 4.79 Å². The van der Waals surface area contributed by atoms with E-state index in [4.69, 9.17) is 0 Å². The van der Waals surface area contributed by atoms with Gasteiger partial charge in [-0.1, -0.05) is 12.8 Å². The molecule has 0 aromatic carbocycles. The molecule has 0 unspecified atom stereocenters. The molecule has 5 aliphatic rings. The summed E-state index contributed by atoms with van der Waals surface area (Å²) in [6.45, 7) is 0. The van der Waals surface area contributed by atoms with Crippen LogP contribution < -0.4 is 5.32 Å². The molecular weight excluding hydrogens is 266 g/mol. The molecule has 0 saturated heterocycles. The maximum Gasteiger partial charge on any atom is 0.329 e. The van der Waals surface area contributed by atoms with Crippen molar-refractivity contribution in [3.8, 4) is 0 Å². The van der Waals surface area contributed by atoms with Crippen molar-refractivity contribution in [1.82, 2.24) is 5.32 Å². The van der Waals surface area contributed by atoms with E-state index >= 15 is 0 Å². The smallest absolute Gasteiger partial charge is 0.329 e. The molecule has 0 aromatic heterocycles. The molecular formula is C17H25NO3. The third-order valence-corrected chi connectivity index (χ3v) is 6.76. The van der Waals surface area contributed by atoms with Gasteiger partial charge in [0.1, 0.15) is 5.54 Å². The number of carbonyl (C=O) groups excluding carboxylic acids is 1. The molecule has 5 fully saturated rings. The SMILES string of the molecule is O=C(NC1(C(=O)O)CCCC1)C1C2CC3CC(C2)CC1C3. The second-order valence-electron chi connectivity index (χ2n) is 8.04. The molecule has 0 aliphatic heterocycles. The Balaban J connectivity index is 1.51. The normalized spacial score (nSPS) is 43.0. The monoisotopic (exact) mass is 291 g/mol. The lowest BCUT2D eigenvalue weighted by molar-refractivity contribution is -0.151. The lowest BCUT2D eigenvalue weighted by atomic mass is 9.51. The summed E-state index contributed by atoms with van der Waals surface area (Å²) in [5, 5.41) is 12.5. The fourth-order valence-corrected chi connectivity index (χ4v) is 6.04. The first kappa shape index (κ1) is 13.6. The van der Waals surface area contributed by atoms with Crippen LogP contribution >= 0.6 is 0 Å². The Kier molecular flexibility index (Phi) is 3.05. The minimum atomic E-state index is -0.967. The number of hydrogen-bond donors (Lipinski definition) is 2. The molecule has 4 nitrogen and oxygen atoms in total. The van der Waals surface area contributed by atoms with Crippen LogP contribution in [0.3, 0.4) is 0 Å². The van der Waals surface area contributed by atoms with Crippen molar-refractivity contribution in [3.05, 3.63) is 0 Å². The summed E-state index contributed by atoms with van der Waals surface area (Å²) in [6.07, 6.45) is 9.19. The van der Waals surface area contributed by atoms with Gasteiger partial charge in [0.25, 0.3) is 0 Å². The Bertz CT molecular complexity index is 439. The van der Waals surface area contributed by atoms with Crippen molar-refractivity contribution in [2.24, 2.45) is 29.6 Å². The van der Waals surface area contributed by atoms with E-state index in [1.807, 2.05) is 0 Å². The van der Waals surface area contributed by atoms with E-state index in [1.54, 1.807) is 0 Å². The van der Waals surface area contributed by atoms with E-state index < -0.39 is 11.5 Å². The van der Waals surface area contributed by atoms with Crippen molar-refractivity contribution in [2.75, 3.05) is 0 Å². The van der Waals surface area contributed by atoms with Gasteiger partial charge in [-0.25, -0.2) is 4.79 Å². The van der Waals surface area contributed by atoms with E-state index in [0.717, 1.165) is 24.7 Å². The molecule has 21 heavy (non-hydrogen) atoms. The molecule has 116 valence electrons. The number of amides is 1. The number of aliphatic carboxylic acids is 1. The molecule has 4 bridgehead atoms. The third-order valence-electron chi connectivity index (χ3n) is 6.76. The first-order valence-corrected chi connectivity index (χ1v) is 8.63. The number of rotatable bonds is 3. The van der Waals surface area contributed by atoms with Crippen LogP contribution in [0.2, 0.25) is 0 Å². The van der Waals surface area contributed by atoms with Crippen molar-refractivity contribution in [3.63, 3.8) is 0 Å². The minimum Gasteiger partial charge on any atom is -0.480 e. The maximum absolute atomic E-state index is 12.8. The predicted octanol–water partition coefficient (Wildman–Crippen LogP) is 2.57. The number of carbonyl (C=O) groups is 2. The summed E-state index contributed by atoms with van der Waals surface area (Å²) < 4.78 is 0. The molecule has 0 aromatic rings. The van der Waals surface area contributed by atoms with Gasteiger partial charge in [-0.05, 0) is 68.6 Å². The highest BCUT2D eigenvalue weighted by molar-refractivity contribution is 5.88. The largest absolute Gasteiger partial charge is 0.480 e. The standard InChI is InChI=1S/C17H25NO3/c19-15(18-17(16(20)21)3-1-2-4-17)14-12-6-10-5-11(8-12)9-13(14)7-10/h10-14H,1-9H2,(H,18,19)(H,20,21). The molecule has 2 N–H and O–H groups in total. The Morgan fingerprint density at radius 3 is 1.90 bits per heavy atom. The summed E-state index contributed by atoms with van der Waals surface area (Å²) >= 11 is 0. The second-order valence-corrected chi connectivity index (χ2v) is 8.04. The Labute approximate surface area is 125 Å². The number of nitrogens with one attached hydrogen (secondary N) is 1. The van der Waals surface area contributed by atoms with Gasteiger partial charge in [-0.15, -0.1) is 0 Å². The zero-order chi connectivity index (χ0) is 14.6. The fourth-order valence-electron chi connectivity index (χ4n) is 6.04. The average Bonchev–Trinajstić information content (AvgIpc) is 2.87. The zero-order valence-corrected chi connectivity index (χ0v) is 12.5.